The second-order valence-corrected chi connectivity index (χ2v) is 11.9. The van der Waals surface area contributed by atoms with Crippen molar-refractivity contribution in [3.8, 4) is 11.1 Å². The van der Waals surface area contributed by atoms with Crippen LogP contribution in [0.15, 0.2) is 60.0 Å². The van der Waals surface area contributed by atoms with Crippen LogP contribution in [0.5, 0.6) is 0 Å². The maximum Gasteiger partial charge on any atom is 0.0209 e. The Hall–Kier alpha value is -1.86. The van der Waals surface area contributed by atoms with Gasteiger partial charge < -0.3 is 0 Å². The molecule has 0 unspecified atom stereocenters. The van der Waals surface area contributed by atoms with E-state index >= 15 is 0 Å². The van der Waals surface area contributed by atoms with Crippen LogP contribution < -0.4 is 0 Å². The highest BCUT2D eigenvalue weighted by Gasteiger charge is 2.42. The van der Waals surface area contributed by atoms with E-state index in [2.05, 4.69) is 108 Å². The van der Waals surface area contributed by atoms with Gasteiger partial charge in [-0.2, -0.15) is 0 Å². The number of thiophene rings is 1. The lowest BCUT2D eigenvalue weighted by Gasteiger charge is -2.45. The van der Waals surface area contributed by atoms with Gasteiger partial charge in [-0.25, -0.2) is 0 Å². The minimum absolute atomic E-state index is 0.160. The molecule has 0 spiro atoms. The first kappa shape index (κ1) is 23.3. The molecule has 0 saturated heterocycles. The fourth-order valence-corrected chi connectivity index (χ4v) is 7.62. The molecule has 1 aromatic heterocycles. The molecule has 0 fully saturated rings. The molecule has 0 amide bonds. The molecule has 0 bridgehead atoms. The molecule has 2 aromatic carbocycles. The number of hydrogen-bond acceptors (Lipinski definition) is 1. The Bertz CT molecular complexity index is 1010. The minimum Gasteiger partial charge on any atom is -0.149 e. The van der Waals surface area contributed by atoms with Crippen LogP contribution in [-0.2, 0) is 17.3 Å². The molecule has 3 aromatic rings. The van der Waals surface area contributed by atoms with Gasteiger partial charge in [-0.15, -0.1) is 11.3 Å². The zero-order valence-electron chi connectivity index (χ0n) is 21.0. The molecule has 2 aliphatic rings. The lowest BCUT2D eigenvalue weighted by Crippen LogP contribution is -2.40. The van der Waals surface area contributed by atoms with Crippen molar-refractivity contribution in [2.75, 3.05) is 0 Å². The molecular weight excluding hydrogens is 404 g/mol. The standard InChI is InChI=1S/C17H18.C14H22S/c1-12(2)17(3)15-10-6-4-8-13(15)14-9-5-7-11-16(14)17;1-10(2)14(11(3)4)8-5-6-13-12(14)7-9-15-13/h4-12H,1-3H3;7,9-11H,5-6,8H2,1-4H3. The predicted molar refractivity (Wildman–Crippen MR) is 142 cm³/mol. The summed E-state index contributed by atoms with van der Waals surface area (Å²) in [7, 11) is 0. The van der Waals surface area contributed by atoms with Crippen molar-refractivity contribution in [1.29, 1.82) is 0 Å². The van der Waals surface area contributed by atoms with Crippen molar-refractivity contribution in [2.45, 2.75) is 78.6 Å². The third-order valence-corrected chi connectivity index (χ3v) is 9.70. The summed E-state index contributed by atoms with van der Waals surface area (Å²) < 4.78 is 0. The number of hydrogen-bond donors (Lipinski definition) is 0. The normalized spacial score (nSPS) is 17.6. The average Bonchev–Trinajstić information content (AvgIpc) is 3.36. The first-order chi connectivity index (χ1) is 15.2. The van der Waals surface area contributed by atoms with Crippen LogP contribution in [-0.4, -0.2) is 0 Å². The zero-order valence-corrected chi connectivity index (χ0v) is 21.9. The van der Waals surface area contributed by atoms with Crippen LogP contribution in [0.3, 0.4) is 0 Å². The van der Waals surface area contributed by atoms with E-state index in [4.69, 9.17) is 0 Å². The van der Waals surface area contributed by atoms with E-state index in [1.807, 2.05) is 11.3 Å². The summed E-state index contributed by atoms with van der Waals surface area (Å²) in [5, 5.41) is 2.29. The molecule has 0 nitrogen and oxygen atoms in total. The van der Waals surface area contributed by atoms with Crippen molar-refractivity contribution < 1.29 is 0 Å². The summed E-state index contributed by atoms with van der Waals surface area (Å²) in [6, 6.07) is 20.1. The second-order valence-electron chi connectivity index (χ2n) is 10.9. The predicted octanol–water partition coefficient (Wildman–Crippen LogP) is 9.26. The zero-order chi connectivity index (χ0) is 23.1. The molecule has 32 heavy (non-hydrogen) atoms. The Morgan fingerprint density at radius 2 is 1.22 bits per heavy atom. The molecule has 1 heteroatoms. The van der Waals surface area contributed by atoms with Crippen LogP contribution in [0.25, 0.3) is 11.1 Å². The van der Waals surface area contributed by atoms with E-state index in [1.165, 1.54) is 41.5 Å². The third-order valence-electron chi connectivity index (χ3n) is 8.72. The number of fused-ring (bicyclic) bond motifs is 4. The molecule has 0 N–H and O–H groups in total. The van der Waals surface area contributed by atoms with Crippen LogP contribution >= 0.6 is 11.3 Å². The van der Waals surface area contributed by atoms with Crippen molar-refractivity contribution >= 4 is 11.3 Å². The van der Waals surface area contributed by atoms with Gasteiger partial charge >= 0.3 is 0 Å². The lowest BCUT2D eigenvalue weighted by molar-refractivity contribution is 0.187. The lowest BCUT2D eigenvalue weighted by atomic mass is 9.60. The summed E-state index contributed by atoms with van der Waals surface area (Å²) in [4.78, 5) is 1.66. The van der Waals surface area contributed by atoms with E-state index in [9.17, 15) is 0 Å². The van der Waals surface area contributed by atoms with Crippen LogP contribution in [0, 0.1) is 17.8 Å². The Morgan fingerprint density at radius 1 is 0.688 bits per heavy atom. The number of aryl methyl sites for hydroxylation is 1. The average molecular weight is 445 g/mol. The van der Waals surface area contributed by atoms with E-state index in [-0.39, 0.29) is 5.41 Å². The van der Waals surface area contributed by atoms with Gasteiger partial charge in [0.05, 0.1) is 0 Å². The molecule has 1 heterocycles. The van der Waals surface area contributed by atoms with E-state index in [0.29, 0.717) is 11.3 Å². The van der Waals surface area contributed by atoms with Gasteiger partial charge in [-0.3, -0.25) is 0 Å². The smallest absolute Gasteiger partial charge is 0.0209 e. The highest BCUT2D eigenvalue weighted by atomic mass is 32.1. The van der Waals surface area contributed by atoms with Gasteiger partial charge in [0.15, 0.2) is 0 Å². The van der Waals surface area contributed by atoms with Gasteiger partial charge in [0.2, 0.25) is 0 Å². The number of benzene rings is 2. The quantitative estimate of drug-likeness (QED) is 0.377. The summed E-state index contributed by atoms with van der Waals surface area (Å²) in [6.45, 7) is 16.6. The molecular formula is C31H40S. The second kappa shape index (κ2) is 8.82. The van der Waals surface area contributed by atoms with Gasteiger partial charge in [0.1, 0.15) is 0 Å². The Morgan fingerprint density at radius 3 is 1.72 bits per heavy atom. The van der Waals surface area contributed by atoms with Crippen molar-refractivity contribution in [3.05, 3.63) is 81.5 Å². The summed E-state index contributed by atoms with van der Waals surface area (Å²) >= 11 is 1.96. The van der Waals surface area contributed by atoms with Crippen molar-refractivity contribution in [3.63, 3.8) is 0 Å². The first-order valence-electron chi connectivity index (χ1n) is 12.5. The largest absolute Gasteiger partial charge is 0.149 e. The van der Waals surface area contributed by atoms with Crippen molar-refractivity contribution in [2.24, 2.45) is 17.8 Å². The molecule has 0 saturated carbocycles. The third kappa shape index (κ3) is 3.48. The van der Waals surface area contributed by atoms with Gasteiger partial charge in [-0.1, -0.05) is 97.0 Å². The molecule has 170 valence electrons. The van der Waals surface area contributed by atoms with Gasteiger partial charge in [0, 0.05) is 15.7 Å². The fourth-order valence-electron chi connectivity index (χ4n) is 6.60. The molecule has 5 rings (SSSR count). The van der Waals surface area contributed by atoms with E-state index < -0.39 is 0 Å². The number of rotatable bonds is 3. The highest BCUT2D eigenvalue weighted by Crippen LogP contribution is 2.52. The molecule has 0 atom stereocenters. The Labute approximate surface area is 200 Å². The maximum atomic E-state index is 2.40. The van der Waals surface area contributed by atoms with E-state index in [0.717, 1.165) is 11.8 Å². The van der Waals surface area contributed by atoms with Gasteiger partial charge in [-0.05, 0) is 76.3 Å². The SMILES string of the molecule is CC(C)C1(C(C)C)CCCc2sccc21.CC(C)C1(C)c2ccccc2-c2ccccc21. The van der Waals surface area contributed by atoms with Gasteiger partial charge in [0.25, 0.3) is 0 Å². The maximum absolute atomic E-state index is 2.40. The van der Waals surface area contributed by atoms with Crippen LogP contribution in [0.4, 0.5) is 0 Å². The Kier molecular flexibility index (Phi) is 6.43. The topological polar surface area (TPSA) is 0 Å². The Balaban J connectivity index is 0.000000155. The monoisotopic (exact) mass is 444 g/mol. The summed E-state index contributed by atoms with van der Waals surface area (Å²) in [5.41, 5.74) is 8.08. The highest BCUT2D eigenvalue weighted by molar-refractivity contribution is 7.10. The molecule has 0 radical (unpaired) electrons. The van der Waals surface area contributed by atoms with Crippen LogP contribution in [0.1, 0.15) is 82.9 Å². The summed E-state index contributed by atoms with van der Waals surface area (Å²) in [5.74, 6) is 2.12. The van der Waals surface area contributed by atoms with E-state index in [1.54, 1.807) is 10.4 Å². The first-order valence-corrected chi connectivity index (χ1v) is 13.4. The molecule has 2 aliphatic carbocycles. The van der Waals surface area contributed by atoms with Crippen molar-refractivity contribution in [1.82, 2.24) is 0 Å². The van der Waals surface area contributed by atoms with Crippen LogP contribution in [0.2, 0.25) is 0 Å². The summed E-state index contributed by atoms with van der Waals surface area (Å²) in [6.07, 6.45) is 4.07. The minimum atomic E-state index is 0.160. The molecule has 0 aliphatic heterocycles. The fraction of sp³-hybridized carbons (Fsp3) is 0.484.